The maximum atomic E-state index is 12.2. The molecule has 1 unspecified atom stereocenters. The number of carbonyl (C=O) groups is 1. The molecule has 2 aliphatic rings. The lowest BCUT2D eigenvalue weighted by molar-refractivity contribution is -0.122. The van der Waals surface area contributed by atoms with Crippen LogP contribution in [0.25, 0.3) is 0 Å². The normalized spacial score (nSPS) is 30.1. The highest BCUT2D eigenvalue weighted by Gasteiger charge is 2.39. The molecule has 21 heavy (non-hydrogen) atoms. The molecule has 0 bridgehead atoms. The molecule has 114 valence electrons. The first-order chi connectivity index (χ1) is 10.1. The van der Waals surface area contributed by atoms with Crippen molar-refractivity contribution >= 4 is 5.91 Å². The van der Waals surface area contributed by atoms with Crippen LogP contribution >= 0.6 is 0 Å². The van der Waals surface area contributed by atoms with E-state index >= 15 is 0 Å². The zero-order valence-corrected chi connectivity index (χ0v) is 13.3. The summed E-state index contributed by atoms with van der Waals surface area (Å²) in [5, 5.41) is 3.04. The average molecular weight is 285 g/mol. The Balaban J connectivity index is 2.44. The fourth-order valence-electron chi connectivity index (χ4n) is 3.16. The maximum Gasteiger partial charge on any atom is 0.225 e. The molecule has 2 heteroatoms. The molecule has 1 aliphatic carbocycles. The van der Waals surface area contributed by atoms with Crippen LogP contribution in [0.4, 0.5) is 0 Å². The van der Waals surface area contributed by atoms with Gasteiger partial charge in [-0.3, -0.25) is 4.79 Å². The van der Waals surface area contributed by atoms with E-state index < -0.39 is 0 Å². The van der Waals surface area contributed by atoms with Gasteiger partial charge in [0.2, 0.25) is 5.91 Å². The molecule has 2 rings (SSSR count). The first kappa shape index (κ1) is 15.8. The van der Waals surface area contributed by atoms with E-state index in [1.807, 2.05) is 6.08 Å². The molecule has 1 atom stereocenters. The molecule has 2 nitrogen and oxygen atoms in total. The molecule has 1 saturated heterocycles. The average Bonchev–Trinajstić information content (AvgIpc) is 3.25. The molecule has 0 radical (unpaired) electrons. The summed E-state index contributed by atoms with van der Waals surface area (Å²) < 4.78 is 0. The zero-order valence-electron chi connectivity index (χ0n) is 13.3. The van der Waals surface area contributed by atoms with E-state index in [-0.39, 0.29) is 11.3 Å². The van der Waals surface area contributed by atoms with Crippen molar-refractivity contribution in [2.45, 2.75) is 52.4 Å². The van der Waals surface area contributed by atoms with Gasteiger partial charge in [0, 0.05) is 17.5 Å². The lowest BCUT2D eigenvalue weighted by Crippen LogP contribution is -2.40. The van der Waals surface area contributed by atoms with Crippen molar-refractivity contribution in [2.75, 3.05) is 0 Å². The van der Waals surface area contributed by atoms with Crippen molar-refractivity contribution < 1.29 is 4.79 Å². The summed E-state index contributed by atoms with van der Waals surface area (Å²) >= 11 is 0. The number of nitrogens with one attached hydrogen (secondary N) is 1. The number of allylic oxidation sites excluding steroid dienone is 6. The van der Waals surface area contributed by atoms with Gasteiger partial charge in [0.25, 0.3) is 0 Å². The molecule has 1 amide bonds. The third-order valence-corrected chi connectivity index (χ3v) is 4.27. The fraction of sp³-hybridized carbons (Fsp3) is 0.526. The molecule has 0 spiro atoms. The van der Waals surface area contributed by atoms with Crippen LogP contribution in [-0.4, -0.2) is 5.91 Å². The molecule has 0 aromatic rings. The molecule has 2 fully saturated rings. The first-order valence-corrected chi connectivity index (χ1v) is 8.18. The smallest absolute Gasteiger partial charge is 0.225 e. The number of carbonyl (C=O) groups excluding carboxylic acids is 1. The summed E-state index contributed by atoms with van der Waals surface area (Å²) in [6.07, 6.45) is 16.8. The summed E-state index contributed by atoms with van der Waals surface area (Å²) in [5.74, 6) is 0.858. The monoisotopic (exact) mass is 285 g/mol. The molecule has 0 aromatic carbocycles. The Morgan fingerprint density at radius 3 is 2.71 bits per heavy atom. The Kier molecular flexibility index (Phi) is 5.22. The molecule has 1 aliphatic heterocycles. The van der Waals surface area contributed by atoms with Gasteiger partial charge in [0.15, 0.2) is 0 Å². The minimum atomic E-state index is -0.158. The van der Waals surface area contributed by atoms with Gasteiger partial charge in [0.05, 0.1) is 0 Å². The molecule has 1 heterocycles. The van der Waals surface area contributed by atoms with Crippen molar-refractivity contribution in [3.63, 3.8) is 0 Å². The van der Waals surface area contributed by atoms with Crippen LogP contribution in [0, 0.1) is 11.3 Å². The van der Waals surface area contributed by atoms with Crippen molar-refractivity contribution in [1.82, 2.24) is 5.32 Å². The number of amides is 1. The van der Waals surface area contributed by atoms with Crippen LogP contribution in [0.2, 0.25) is 0 Å². The summed E-state index contributed by atoms with van der Waals surface area (Å²) in [7, 11) is 0. The van der Waals surface area contributed by atoms with E-state index in [0.29, 0.717) is 6.42 Å². The minimum absolute atomic E-state index is 0.129. The Bertz CT molecular complexity index is 494. The number of hydrogen-bond acceptors (Lipinski definition) is 1. The van der Waals surface area contributed by atoms with E-state index in [2.05, 4.69) is 50.0 Å². The minimum Gasteiger partial charge on any atom is -0.326 e. The van der Waals surface area contributed by atoms with E-state index in [1.165, 1.54) is 18.4 Å². The molecule has 0 aromatic heterocycles. The van der Waals surface area contributed by atoms with Crippen LogP contribution in [-0.2, 0) is 4.79 Å². The second-order valence-corrected chi connectivity index (χ2v) is 6.17. The first-order valence-electron chi connectivity index (χ1n) is 8.18. The Labute approximate surface area is 128 Å². The zero-order chi connectivity index (χ0) is 15.3. The SMILES string of the molecule is C=C/C=C1\C(=C/CC)NC(=O)CC1(/C=C\C1CC1)CCC. The highest BCUT2D eigenvalue weighted by atomic mass is 16.1. The third kappa shape index (κ3) is 3.75. The Morgan fingerprint density at radius 1 is 1.38 bits per heavy atom. The Morgan fingerprint density at radius 2 is 2.14 bits per heavy atom. The molecular formula is C19H27NO. The van der Waals surface area contributed by atoms with Crippen LogP contribution in [0.3, 0.4) is 0 Å². The van der Waals surface area contributed by atoms with Crippen molar-refractivity contribution in [1.29, 1.82) is 0 Å². The highest BCUT2D eigenvalue weighted by Crippen LogP contribution is 2.45. The number of piperidine rings is 1. The summed E-state index contributed by atoms with van der Waals surface area (Å²) in [4.78, 5) is 12.2. The van der Waals surface area contributed by atoms with E-state index in [0.717, 1.165) is 30.9 Å². The van der Waals surface area contributed by atoms with E-state index in [9.17, 15) is 4.79 Å². The largest absolute Gasteiger partial charge is 0.326 e. The Hall–Kier alpha value is -1.57. The summed E-state index contributed by atoms with van der Waals surface area (Å²) in [5.41, 5.74) is 2.04. The van der Waals surface area contributed by atoms with Gasteiger partial charge >= 0.3 is 0 Å². The van der Waals surface area contributed by atoms with Gasteiger partial charge in [-0.2, -0.15) is 0 Å². The maximum absolute atomic E-state index is 12.2. The summed E-state index contributed by atoms with van der Waals surface area (Å²) in [6.45, 7) is 8.15. The number of hydrogen-bond donors (Lipinski definition) is 1. The lowest BCUT2D eigenvalue weighted by Gasteiger charge is -2.38. The van der Waals surface area contributed by atoms with Crippen molar-refractivity contribution in [3.8, 4) is 0 Å². The predicted molar refractivity (Wildman–Crippen MR) is 88.6 cm³/mol. The van der Waals surface area contributed by atoms with Crippen LogP contribution in [0.5, 0.6) is 0 Å². The number of rotatable bonds is 6. The van der Waals surface area contributed by atoms with Crippen LogP contribution < -0.4 is 5.32 Å². The molecule has 1 saturated carbocycles. The molecule has 1 N–H and O–H groups in total. The van der Waals surface area contributed by atoms with Gasteiger partial charge in [-0.25, -0.2) is 0 Å². The lowest BCUT2D eigenvalue weighted by atomic mass is 9.69. The predicted octanol–water partition coefficient (Wildman–Crippen LogP) is 4.67. The van der Waals surface area contributed by atoms with E-state index in [4.69, 9.17) is 0 Å². The van der Waals surface area contributed by atoms with Gasteiger partial charge < -0.3 is 5.32 Å². The second-order valence-electron chi connectivity index (χ2n) is 6.17. The van der Waals surface area contributed by atoms with E-state index in [1.54, 1.807) is 0 Å². The van der Waals surface area contributed by atoms with Gasteiger partial charge in [-0.1, -0.05) is 57.2 Å². The second kappa shape index (κ2) is 6.93. The van der Waals surface area contributed by atoms with Crippen molar-refractivity contribution in [3.05, 3.63) is 48.2 Å². The quantitative estimate of drug-likeness (QED) is 0.706. The van der Waals surface area contributed by atoms with Gasteiger partial charge in [-0.05, 0) is 37.2 Å². The van der Waals surface area contributed by atoms with Gasteiger partial charge in [-0.15, -0.1) is 0 Å². The summed E-state index contributed by atoms with van der Waals surface area (Å²) in [6, 6.07) is 0. The fourth-order valence-corrected chi connectivity index (χ4v) is 3.16. The van der Waals surface area contributed by atoms with Crippen molar-refractivity contribution in [2.24, 2.45) is 11.3 Å². The van der Waals surface area contributed by atoms with Crippen LogP contribution in [0.15, 0.2) is 48.2 Å². The van der Waals surface area contributed by atoms with Crippen LogP contribution in [0.1, 0.15) is 52.4 Å². The standard InChI is InChI=1S/C19H27NO/c1-4-7-16-17(8-5-2)20-18(21)14-19(16,12-6-3)13-11-15-9-10-15/h4,7-8,11,13,15H,1,5-6,9-10,12,14H2,2-3H3,(H,20,21)/b13-11-,16-7+,17-8+. The third-order valence-electron chi connectivity index (χ3n) is 4.27. The topological polar surface area (TPSA) is 29.1 Å². The highest BCUT2D eigenvalue weighted by molar-refractivity contribution is 5.83. The molecular weight excluding hydrogens is 258 g/mol. The van der Waals surface area contributed by atoms with Gasteiger partial charge in [0.1, 0.15) is 0 Å².